The lowest BCUT2D eigenvalue weighted by atomic mass is 10.1. The van der Waals surface area contributed by atoms with Crippen LogP contribution in [0.5, 0.6) is 0 Å². The molecule has 0 saturated heterocycles. The molecule has 2 rings (SSSR count). The summed E-state index contributed by atoms with van der Waals surface area (Å²) in [6.45, 7) is 4.87. The van der Waals surface area contributed by atoms with Gasteiger partial charge in [-0.3, -0.25) is 4.98 Å². The van der Waals surface area contributed by atoms with Gasteiger partial charge in [0.15, 0.2) is 0 Å². The molecule has 0 amide bonds. The Hall–Kier alpha value is -1.58. The first-order valence-electron chi connectivity index (χ1n) is 7.30. The smallest absolute Gasteiger partial charge is 0.0427 e. The highest BCUT2D eigenvalue weighted by Crippen LogP contribution is 2.24. The Labute approximate surface area is 132 Å². The van der Waals surface area contributed by atoms with Gasteiger partial charge >= 0.3 is 0 Å². The third-order valence-electron chi connectivity index (χ3n) is 3.36. The fourth-order valence-electron chi connectivity index (χ4n) is 2.32. The van der Waals surface area contributed by atoms with Gasteiger partial charge in [0.25, 0.3) is 0 Å². The third kappa shape index (κ3) is 4.73. The number of anilines is 1. The molecule has 1 N–H and O–H groups in total. The maximum atomic E-state index is 6.14. The minimum absolute atomic E-state index is 0.782. The second-order valence-electron chi connectivity index (χ2n) is 5.16. The molecular weight excluding hydrogens is 282 g/mol. The number of benzene rings is 1. The minimum Gasteiger partial charge on any atom is -0.370 e. The van der Waals surface area contributed by atoms with E-state index in [0.717, 1.165) is 31.1 Å². The predicted octanol–water partition coefficient (Wildman–Crippen LogP) is 3.87. The predicted molar refractivity (Wildman–Crippen MR) is 89.8 cm³/mol. The van der Waals surface area contributed by atoms with Crippen molar-refractivity contribution in [2.24, 2.45) is 0 Å². The third-order valence-corrected chi connectivity index (χ3v) is 3.60. The largest absolute Gasteiger partial charge is 0.370 e. The molecule has 0 unspecified atom stereocenters. The van der Waals surface area contributed by atoms with Crippen molar-refractivity contribution in [1.82, 2.24) is 10.3 Å². The van der Waals surface area contributed by atoms with Crippen molar-refractivity contribution in [3.63, 3.8) is 0 Å². The highest BCUT2D eigenvalue weighted by atomic mass is 35.5. The molecule has 1 heterocycles. The topological polar surface area (TPSA) is 28.2 Å². The Morgan fingerprint density at radius 3 is 2.67 bits per heavy atom. The molecule has 0 fully saturated rings. The van der Waals surface area contributed by atoms with Crippen molar-refractivity contribution >= 4 is 17.3 Å². The summed E-state index contributed by atoms with van der Waals surface area (Å²) in [7, 11) is 2.10. The monoisotopic (exact) mass is 303 g/mol. The Balaban J connectivity index is 2.13. The van der Waals surface area contributed by atoms with Gasteiger partial charge in [0.1, 0.15) is 0 Å². The lowest BCUT2D eigenvalue weighted by Crippen LogP contribution is -2.21. The zero-order chi connectivity index (χ0) is 15.1. The van der Waals surface area contributed by atoms with E-state index in [0.29, 0.717) is 0 Å². The van der Waals surface area contributed by atoms with Crippen LogP contribution >= 0.6 is 11.6 Å². The number of rotatable bonds is 7. The summed E-state index contributed by atoms with van der Waals surface area (Å²) in [5.74, 6) is 0. The van der Waals surface area contributed by atoms with Gasteiger partial charge in [-0.25, -0.2) is 0 Å². The van der Waals surface area contributed by atoms with Crippen molar-refractivity contribution in [2.45, 2.75) is 26.4 Å². The van der Waals surface area contributed by atoms with Crippen LogP contribution in [0.2, 0.25) is 5.02 Å². The van der Waals surface area contributed by atoms with E-state index in [2.05, 4.69) is 35.2 Å². The number of hydrogen-bond acceptors (Lipinski definition) is 3. The Bertz CT molecular complexity index is 557. The second-order valence-corrected chi connectivity index (χ2v) is 5.60. The number of hydrogen-bond donors (Lipinski definition) is 1. The van der Waals surface area contributed by atoms with Gasteiger partial charge in [-0.1, -0.05) is 18.5 Å². The van der Waals surface area contributed by atoms with E-state index in [1.54, 1.807) is 0 Å². The standard InChI is InChI=1S/C17H22ClN3/c1-3-8-20-12-15-11-16(18)4-5-17(15)21(2)13-14-6-9-19-10-7-14/h4-7,9-11,20H,3,8,12-13H2,1-2H3. The fraction of sp³-hybridized carbons (Fsp3) is 0.353. The van der Waals surface area contributed by atoms with Crippen molar-refractivity contribution in [1.29, 1.82) is 0 Å². The summed E-state index contributed by atoms with van der Waals surface area (Å²) in [6, 6.07) is 10.2. The average Bonchev–Trinajstić information content (AvgIpc) is 2.48. The number of aromatic nitrogens is 1. The van der Waals surface area contributed by atoms with Gasteiger partial charge in [0.05, 0.1) is 0 Å². The highest BCUT2D eigenvalue weighted by Gasteiger charge is 2.08. The lowest BCUT2D eigenvalue weighted by Gasteiger charge is -2.23. The van der Waals surface area contributed by atoms with Gasteiger partial charge in [-0.05, 0) is 54.4 Å². The molecule has 1 aromatic heterocycles. The zero-order valence-electron chi connectivity index (χ0n) is 12.6. The first-order chi connectivity index (χ1) is 10.2. The van der Waals surface area contributed by atoms with Crippen molar-refractivity contribution in [3.05, 3.63) is 58.9 Å². The van der Waals surface area contributed by atoms with E-state index in [1.807, 2.05) is 36.7 Å². The molecule has 0 aliphatic carbocycles. The maximum Gasteiger partial charge on any atom is 0.0427 e. The summed E-state index contributed by atoms with van der Waals surface area (Å²) in [4.78, 5) is 6.30. The van der Waals surface area contributed by atoms with Crippen LogP contribution < -0.4 is 10.2 Å². The van der Waals surface area contributed by atoms with Crippen LogP contribution in [0.1, 0.15) is 24.5 Å². The summed E-state index contributed by atoms with van der Waals surface area (Å²) in [5.41, 5.74) is 3.68. The molecule has 112 valence electrons. The summed E-state index contributed by atoms with van der Waals surface area (Å²) in [5, 5.41) is 4.22. The van der Waals surface area contributed by atoms with Gasteiger partial charge < -0.3 is 10.2 Å². The van der Waals surface area contributed by atoms with E-state index >= 15 is 0 Å². The number of nitrogens with zero attached hydrogens (tertiary/aromatic N) is 2. The second kappa shape index (κ2) is 8.01. The van der Waals surface area contributed by atoms with E-state index in [4.69, 9.17) is 11.6 Å². The number of pyridine rings is 1. The van der Waals surface area contributed by atoms with E-state index in [1.165, 1.54) is 16.8 Å². The van der Waals surface area contributed by atoms with Crippen LogP contribution in [0, 0.1) is 0 Å². The van der Waals surface area contributed by atoms with Crippen LogP contribution in [-0.4, -0.2) is 18.6 Å². The summed E-state index contributed by atoms with van der Waals surface area (Å²) >= 11 is 6.14. The van der Waals surface area contributed by atoms with Crippen LogP contribution in [0.25, 0.3) is 0 Å². The quantitative estimate of drug-likeness (QED) is 0.787. The molecule has 0 saturated carbocycles. The van der Waals surface area contributed by atoms with E-state index < -0.39 is 0 Å². The van der Waals surface area contributed by atoms with Gasteiger partial charge in [0.2, 0.25) is 0 Å². The minimum atomic E-state index is 0.782. The molecule has 0 aliphatic heterocycles. The summed E-state index contributed by atoms with van der Waals surface area (Å²) in [6.07, 6.45) is 4.78. The molecule has 0 atom stereocenters. The summed E-state index contributed by atoms with van der Waals surface area (Å²) < 4.78 is 0. The maximum absolute atomic E-state index is 6.14. The molecule has 1 aromatic carbocycles. The fourth-order valence-corrected chi connectivity index (χ4v) is 2.51. The Kier molecular flexibility index (Phi) is 6.03. The van der Waals surface area contributed by atoms with Gasteiger partial charge in [-0.15, -0.1) is 0 Å². The Morgan fingerprint density at radius 1 is 1.19 bits per heavy atom. The molecule has 0 aliphatic rings. The number of nitrogens with one attached hydrogen (secondary N) is 1. The zero-order valence-corrected chi connectivity index (χ0v) is 13.4. The first kappa shape index (κ1) is 15.8. The van der Waals surface area contributed by atoms with Crippen LogP contribution in [0.4, 0.5) is 5.69 Å². The molecule has 0 spiro atoms. The SMILES string of the molecule is CCCNCc1cc(Cl)ccc1N(C)Cc1ccncc1. The molecule has 0 bridgehead atoms. The van der Waals surface area contributed by atoms with Crippen LogP contribution in [0.3, 0.4) is 0 Å². The van der Waals surface area contributed by atoms with E-state index in [-0.39, 0.29) is 0 Å². The molecule has 21 heavy (non-hydrogen) atoms. The normalized spacial score (nSPS) is 10.6. The van der Waals surface area contributed by atoms with Gasteiger partial charge in [0, 0.05) is 43.2 Å². The Morgan fingerprint density at radius 2 is 1.95 bits per heavy atom. The average molecular weight is 304 g/mol. The molecule has 4 heteroatoms. The number of halogens is 1. The van der Waals surface area contributed by atoms with Gasteiger partial charge in [-0.2, -0.15) is 0 Å². The van der Waals surface area contributed by atoms with Crippen molar-refractivity contribution < 1.29 is 0 Å². The van der Waals surface area contributed by atoms with Crippen LogP contribution in [0.15, 0.2) is 42.7 Å². The molecule has 0 radical (unpaired) electrons. The van der Waals surface area contributed by atoms with Crippen molar-refractivity contribution in [3.8, 4) is 0 Å². The highest BCUT2D eigenvalue weighted by molar-refractivity contribution is 6.30. The molecular formula is C17H22ClN3. The van der Waals surface area contributed by atoms with Crippen molar-refractivity contribution in [2.75, 3.05) is 18.5 Å². The lowest BCUT2D eigenvalue weighted by molar-refractivity contribution is 0.673. The first-order valence-corrected chi connectivity index (χ1v) is 7.67. The van der Waals surface area contributed by atoms with E-state index in [9.17, 15) is 0 Å². The molecule has 2 aromatic rings. The molecule has 3 nitrogen and oxygen atoms in total. The van der Waals surface area contributed by atoms with Crippen LogP contribution in [-0.2, 0) is 13.1 Å².